The molecule has 4 aromatic rings. The van der Waals surface area contributed by atoms with Crippen LogP contribution in [0.25, 0.3) is 22.6 Å². The Labute approximate surface area is 224 Å². The molecular weight excluding hydrogens is 474 g/mol. The number of oxazole rings is 1. The number of carbonyl (C=O) groups excluding carboxylic acids is 1. The Balaban J connectivity index is 1.33. The van der Waals surface area contributed by atoms with Crippen LogP contribution in [0.2, 0.25) is 0 Å². The third-order valence-electron chi connectivity index (χ3n) is 7.32. The Morgan fingerprint density at radius 1 is 0.868 bits per heavy atom. The number of hydrogen-bond donors (Lipinski definition) is 0. The topological polar surface area (TPSA) is 61.6 Å². The summed E-state index contributed by atoms with van der Waals surface area (Å²) >= 11 is 0. The van der Waals surface area contributed by atoms with Crippen molar-refractivity contribution in [3.05, 3.63) is 96.4 Å². The smallest absolute Gasteiger partial charge is 0.344 e. The lowest BCUT2D eigenvalue weighted by molar-refractivity contribution is -0.145. The summed E-state index contributed by atoms with van der Waals surface area (Å²) in [6, 6.07) is 28.6. The molecule has 5 rings (SSSR count). The molecule has 0 aliphatic heterocycles. The van der Waals surface area contributed by atoms with Crippen LogP contribution in [0.1, 0.15) is 44.1 Å². The van der Waals surface area contributed by atoms with Gasteiger partial charge in [0.05, 0.1) is 6.61 Å². The number of nitrogens with zero attached hydrogens (tertiary/aromatic N) is 1. The van der Waals surface area contributed by atoms with E-state index in [-0.39, 0.29) is 12.6 Å². The first-order valence-corrected chi connectivity index (χ1v) is 13.7. The largest absolute Gasteiger partial charge is 0.482 e. The normalized spacial score (nSPS) is 17.2. The molecule has 2 atom stereocenters. The quantitative estimate of drug-likeness (QED) is 0.207. The zero-order valence-electron chi connectivity index (χ0n) is 22.0. The second kappa shape index (κ2) is 12.6. The van der Waals surface area contributed by atoms with Gasteiger partial charge in [0.25, 0.3) is 0 Å². The van der Waals surface area contributed by atoms with Gasteiger partial charge in [-0.1, -0.05) is 85.6 Å². The van der Waals surface area contributed by atoms with Crippen LogP contribution in [0.15, 0.2) is 89.3 Å². The summed E-state index contributed by atoms with van der Waals surface area (Å²) in [5.74, 6) is 3.04. The van der Waals surface area contributed by atoms with Gasteiger partial charge in [0, 0.05) is 17.5 Å². The van der Waals surface area contributed by atoms with Crippen molar-refractivity contribution in [3.63, 3.8) is 0 Å². The molecule has 0 spiro atoms. The summed E-state index contributed by atoms with van der Waals surface area (Å²) in [5, 5.41) is 0. The summed E-state index contributed by atoms with van der Waals surface area (Å²) < 4.78 is 17.1. The number of ether oxygens (including phenoxy) is 2. The Kier molecular flexibility index (Phi) is 8.54. The van der Waals surface area contributed by atoms with E-state index in [1.54, 1.807) is 6.92 Å². The lowest BCUT2D eigenvalue weighted by Gasteiger charge is -2.31. The molecule has 0 amide bonds. The van der Waals surface area contributed by atoms with Gasteiger partial charge >= 0.3 is 5.97 Å². The van der Waals surface area contributed by atoms with Gasteiger partial charge < -0.3 is 13.9 Å². The summed E-state index contributed by atoms with van der Waals surface area (Å²) in [5.41, 5.74) is 4.25. The molecule has 1 aromatic heterocycles. The maximum atomic E-state index is 11.7. The van der Waals surface area contributed by atoms with Crippen LogP contribution in [-0.4, -0.2) is 24.2 Å². The van der Waals surface area contributed by atoms with Gasteiger partial charge in [-0.3, -0.25) is 0 Å². The molecule has 38 heavy (non-hydrogen) atoms. The van der Waals surface area contributed by atoms with Crippen molar-refractivity contribution in [2.75, 3.05) is 13.2 Å². The Bertz CT molecular complexity index is 1260. The maximum Gasteiger partial charge on any atom is 0.344 e. The second-order valence-electron chi connectivity index (χ2n) is 9.97. The molecular formula is C33H35NO4. The zero-order chi connectivity index (χ0) is 26.2. The van der Waals surface area contributed by atoms with Crippen LogP contribution in [0.3, 0.4) is 0 Å². The minimum atomic E-state index is -0.346. The van der Waals surface area contributed by atoms with Gasteiger partial charge in [0.15, 0.2) is 18.3 Å². The number of esters is 1. The van der Waals surface area contributed by atoms with E-state index in [4.69, 9.17) is 18.9 Å². The highest BCUT2D eigenvalue weighted by Gasteiger charge is 2.28. The highest BCUT2D eigenvalue weighted by Crippen LogP contribution is 2.38. The van der Waals surface area contributed by atoms with Gasteiger partial charge in [-0.25, -0.2) is 9.78 Å². The van der Waals surface area contributed by atoms with E-state index in [9.17, 15) is 4.79 Å². The second-order valence-corrected chi connectivity index (χ2v) is 9.97. The van der Waals surface area contributed by atoms with Crippen molar-refractivity contribution >= 4 is 5.97 Å². The molecule has 2 unspecified atom stereocenters. The fraction of sp³-hybridized carbons (Fsp3) is 0.333. The monoisotopic (exact) mass is 509 g/mol. The van der Waals surface area contributed by atoms with E-state index >= 15 is 0 Å². The van der Waals surface area contributed by atoms with Gasteiger partial charge in [0.1, 0.15) is 11.4 Å². The van der Waals surface area contributed by atoms with Crippen molar-refractivity contribution in [1.82, 2.24) is 4.98 Å². The van der Waals surface area contributed by atoms with E-state index in [0.717, 1.165) is 41.3 Å². The molecule has 5 nitrogen and oxygen atoms in total. The lowest BCUT2D eigenvalue weighted by atomic mass is 9.74. The molecule has 5 heteroatoms. The van der Waals surface area contributed by atoms with E-state index < -0.39 is 0 Å². The lowest BCUT2D eigenvalue weighted by Crippen LogP contribution is -2.23. The molecule has 1 saturated carbocycles. The van der Waals surface area contributed by atoms with E-state index in [2.05, 4.69) is 36.4 Å². The van der Waals surface area contributed by atoms with Gasteiger partial charge in [-0.05, 0) is 55.7 Å². The molecule has 0 saturated heterocycles. The number of benzene rings is 3. The van der Waals surface area contributed by atoms with Crippen molar-refractivity contribution < 1.29 is 18.7 Å². The van der Waals surface area contributed by atoms with Crippen molar-refractivity contribution in [2.45, 2.75) is 45.4 Å². The summed E-state index contributed by atoms with van der Waals surface area (Å²) in [6.07, 6.45) is 6.65. The fourth-order valence-electron chi connectivity index (χ4n) is 5.48. The first-order chi connectivity index (χ1) is 18.7. The average molecular weight is 510 g/mol. The molecule has 0 bridgehead atoms. The third-order valence-corrected chi connectivity index (χ3v) is 7.32. The molecule has 0 N–H and O–H groups in total. The third kappa shape index (κ3) is 6.52. The highest BCUT2D eigenvalue weighted by molar-refractivity contribution is 5.76. The predicted octanol–water partition coefficient (Wildman–Crippen LogP) is 7.54. The van der Waals surface area contributed by atoms with Crippen molar-refractivity contribution in [3.8, 4) is 28.3 Å². The minimum absolute atomic E-state index is 0.0684. The summed E-state index contributed by atoms with van der Waals surface area (Å²) in [6.45, 7) is 2.08. The van der Waals surface area contributed by atoms with Gasteiger partial charge in [0.2, 0.25) is 0 Å². The van der Waals surface area contributed by atoms with Crippen LogP contribution >= 0.6 is 0 Å². The molecule has 3 aromatic carbocycles. The number of carbonyl (C=O) groups is 1. The average Bonchev–Trinajstić information content (AvgIpc) is 3.38. The van der Waals surface area contributed by atoms with Crippen LogP contribution in [0.4, 0.5) is 0 Å². The number of aromatic nitrogens is 1. The Hall–Kier alpha value is -3.86. The van der Waals surface area contributed by atoms with Gasteiger partial charge in [-0.2, -0.15) is 0 Å². The van der Waals surface area contributed by atoms with E-state index in [1.807, 2.05) is 48.5 Å². The summed E-state index contributed by atoms with van der Waals surface area (Å²) in [4.78, 5) is 16.7. The molecule has 1 aliphatic rings. The molecule has 196 valence electrons. The number of rotatable bonds is 10. The highest BCUT2D eigenvalue weighted by atomic mass is 16.6. The van der Waals surface area contributed by atoms with E-state index in [0.29, 0.717) is 24.2 Å². The fourth-order valence-corrected chi connectivity index (χ4v) is 5.48. The maximum absolute atomic E-state index is 11.7. The SMILES string of the molecule is CCOC(=O)COc1cccc(CC2CCCCC2Cc2nc(-c3ccccc3)c(-c3ccccc3)o2)c1. The zero-order valence-corrected chi connectivity index (χ0v) is 22.0. The predicted molar refractivity (Wildman–Crippen MR) is 149 cm³/mol. The number of hydrogen-bond acceptors (Lipinski definition) is 5. The van der Waals surface area contributed by atoms with Crippen LogP contribution < -0.4 is 4.74 Å². The van der Waals surface area contributed by atoms with Crippen molar-refractivity contribution in [1.29, 1.82) is 0 Å². The molecule has 1 fully saturated rings. The molecule has 1 heterocycles. The summed E-state index contributed by atoms with van der Waals surface area (Å²) in [7, 11) is 0. The van der Waals surface area contributed by atoms with Crippen LogP contribution in [0.5, 0.6) is 5.75 Å². The van der Waals surface area contributed by atoms with Crippen LogP contribution in [0, 0.1) is 11.8 Å². The Morgan fingerprint density at radius 2 is 1.55 bits per heavy atom. The standard InChI is InChI=1S/C33H35NO4/c1-2-36-31(35)23-37-29-19-11-12-24(21-29)20-27-17-9-10-18-28(27)22-30-34-32(25-13-5-3-6-14-25)33(38-30)26-15-7-4-8-16-26/h3-8,11-16,19,21,27-28H,2,9-10,17-18,20,22-23H2,1H3. The Morgan fingerprint density at radius 3 is 2.26 bits per heavy atom. The first-order valence-electron chi connectivity index (χ1n) is 13.7. The minimum Gasteiger partial charge on any atom is -0.482 e. The van der Waals surface area contributed by atoms with E-state index in [1.165, 1.54) is 31.2 Å². The molecule has 0 radical (unpaired) electrons. The molecule has 1 aliphatic carbocycles. The van der Waals surface area contributed by atoms with Crippen LogP contribution in [-0.2, 0) is 22.4 Å². The van der Waals surface area contributed by atoms with Crippen molar-refractivity contribution in [2.24, 2.45) is 11.8 Å². The first kappa shape index (κ1) is 25.8. The van der Waals surface area contributed by atoms with Gasteiger partial charge in [-0.15, -0.1) is 0 Å².